The Morgan fingerprint density at radius 3 is 2.58 bits per heavy atom. The number of carbonyl (C=O) groups excluding carboxylic acids is 1. The fourth-order valence-corrected chi connectivity index (χ4v) is 6.94. The molecule has 0 radical (unpaired) electrons. The molecule has 164 valence electrons. The molecule has 2 bridgehead atoms. The summed E-state index contributed by atoms with van der Waals surface area (Å²) in [5.74, 6) is 0.777. The van der Waals surface area contributed by atoms with Gasteiger partial charge in [-0.05, 0) is 49.8 Å². The van der Waals surface area contributed by atoms with Crippen molar-refractivity contribution in [3.8, 4) is 11.5 Å². The Morgan fingerprint density at radius 2 is 1.81 bits per heavy atom. The van der Waals surface area contributed by atoms with Gasteiger partial charge in [-0.2, -0.15) is 4.31 Å². The molecule has 2 fully saturated rings. The molecule has 31 heavy (non-hydrogen) atoms. The van der Waals surface area contributed by atoms with Crippen LogP contribution in [0, 0.1) is 5.92 Å². The van der Waals surface area contributed by atoms with Crippen molar-refractivity contribution in [2.75, 3.05) is 13.2 Å². The molecule has 1 saturated heterocycles. The molecule has 2 aliphatic heterocycles. The largest absolute Gasteiger partial charge is 0.486 e. The molecule has 1 saturated carbocycles. The molecule has 2 aromatic rings. The first-order chi connectivity index (χ1) is 14.9. The van der Waals surface area contributed by atoms with Crippen LogP contribution in [-0.2, 0) is 14.8 Å². The second-order valence-electron chi connectivity index (χ2n) is 8.45. The SMILES string of the molecule is C[C@@H](NC(=O)[C@@H]1[C@H]2CC[C@@H](C2)N1S(=O)(=O)c1ccc2c(c1)OCCO2)c1ccccc1. The van der Waals surface area contributed by atoms with E-state index in [2.05, 4.69) is 5.32 Å². The number of rotatable bonds is 5. The van der Waals surface area contributed by atoms with Crippen molar-refractivity contribution in [1.29, 1.82) is 0 Å². The maximum atomic E-state index is 13.6. The number of carbonyl (C=O) groups is 1. The Kier molecular flexibility index (Phi) is 5.14. The van der Waals surface area contributed by atoms with Crippen LogP contribution in [0.4, 0.5) is 0 Å². The van der Waals surface area contributed by atoms with Crippen LogP contribution in [0.5, 0.6) is 11.5 Å². The summed E-state index contributed by atoms with van der Waals surface area (Å²) in [6, 6.07) is 13.3. The summed E-state index contributed by atoms with van der Waals surface area (Å²) in [4.78, 5) is 13.4. The summed E-state index contributed by atoms with van der Waals surface area (Å²) in [6.07, 6.45) is 2.38. The minimum absolute atomic E-state index is 0.0416. The highest BCUT2D eigenvalue weighted by atomic mass is 32.2. The van der Waals surface area contributed by atoms with Crippen LogP contribution in [0.15, 0.2) is 53.4 Å². The minimum atomic E-state index is -3.86. The highest BCUT2D eigenvalue weighted by Crippen LogP contribution is 2.46. The van der Waals surface area contributed by atoms with E-state index >= 15 is 0 Å². The van der Waals surface area contributed by atoms with Crippen LogP contribution in [0.25, 0.3) is 0 Å². The van der Waals surface area contributed by atoms with Gasteiger partial charge in [0.2, 0.25) is 15.9 Å². The van der Waals surface area contributed by atoms with E-state index in [-0.39, 0.29) is 28.8 Å². The van der Waals surface area contributed by atoms with Gasteiger partial charge in [0, 0.05) is 12.1 Å². The molecule has 8 heteroatoms. The Morgan fingerprint density at radius 1 is 1.06 bits per heavy atom. The van der Waals surface area contributed by atoms with Gasteiger partial charge in [0.05, 0.1) is 10.9 Å². The molecule has 3 aliphatic rings. The molecule has 1 aliphatic carbocycles. The van der Waals surface area contributed by atoms with E-state index in [9.17, 15) is 13.2 Å². The van der Waals surface area contributed by atoms with Gasteiger partial charge in [0.25, 0.3) is 0 Å². The lowest BCUT2D eigenvalue weighted by molar-refractivity contribution is -0.126. The highest BCUT2D eigenvalue weighted by Gasteiger charge is 2.54. The predicted molar refractivity (Wildman–Crippen MR) is 114 cm³/mol. The van der Waals surface area contributed by atoms with Crippen molar-refractivity contribution >= 4 is 15.9 Å². The van der Waals surface area contributed by atoms with Gasteiger partial charge in [-0.15, -0.1) is 0 Å². The average molecular weight is 443 g/mol. The number of hydrogen-bond acceptors (Lipinski definition) is 5. The number of benzene rings is 2. The van der Waals surface area contributed by atoms with Crippen molar-refractivity contribution in [2.45, 2.75) is 49.2 Å². The normalized spacial score (nSPS) is 25.9. The zero-order valence-corrected chi connectivity index (χ0v) is 18.2. The lowest BCUT2D eigenvalue weighted by Gasteiger charge is -2.34. The number of amides is 1. The van der Waals surface area contributed by atoms with E-state index in [1.807, 2.05) is 37.3 Å². The van der Waals surface area contributed by atoms with Crippen molar-refractivity contribution < 1.29 is 22.7 Å². The van der Waals surface area contributed by atoms with Crippen LogP contribution >= 0.6 is 0 Å². The third-order valence-corrected chi connectivity index (χ3v) is 8.47. The second-order valence-corrected chi connectivity index (χ2v) is 10.3. The third kappa shape index (κ3) is 3.57. The quantitative estimate of drug-likeness (QED) is 0.770. The smallest absolute Gasteiger partial charge is 0.244 e. The number of nitrogens with one attached hydrogen (secondary N) is 1. The predicted octanol–water partition coefficient (Wildman–Crippen LogP) is 2.88. The van der Waals surface area contributed by atoms with Crippen LogP contribution in [0.2, 0.25) is 0 Å². The standard InChI is InChI=1S/C23H26N2O5S/c1-15(16-5-3-2-4-6-16)24-23(26)22-17-7-8-18(13-17)25(22)31(27,28)19-9-10-20-21(14-19)30-12-11-29-20/h2-6,9-10,14-15,17-18,22H,7-8,11-13H2,1H3,(H,24,26)/t15-,17+,18+,22+/m1/s1. The van der Waals surface area contributed by atoms with E-state index in [0.29, 0.717) is 24.7 Å². The van der Waals surface area contributed by atoms with Gasteiger partial charge in [0.1, 0.15) is 19.3 Å². The van der Waals surface area contributed by atoms with Gasteiger partial charge in [-0.3, -0.25) is 4.79 Å². The number of sulfonamides is 1. The van der Waals surface area contributed by atoms with Crippen molar-refractivity contribution in [1.82, 2.24) is 9.62 Å². The maximum Gasteiger partial charge on any atom is 0.244 e. The molecule has 1 N–H and O–H groups in total. The Hall–Kier alpha value is -2.58. The number of ether oxygens (including phenoxy) is 2. The Labute approximate surface area is 182 Å². The minimum Gasteiger partial charge on any atom is -0.486 e. The van der Waals surface area contributed by atoms with E-state index in [0.717, 1.165) is 24.8 Å². The molecule has 0 aromatic heterocycles. The fraction of sp³-hybridized carbons (Fsp3) is 0.435. The van der Waals surface area contributed by atoms with Crippen molar-refractivity contribution in [3.63, 3.8) is 0 Å². The van der Waals surface area contributed by atoms with E-state index in [1.165, 1.54) is 16.4 Å². The van der Waals surface area contributed by atoms with Crippen LogP contribution < -0.4 is 14.8 Å². The second kappa shape index (κ2) is 7.84. The molecule has 2 heterocycles. The molecule has 0 unspecified atom stereocenters. The first-order valence-corrected chi connectivity index (χ1v) is 12.2. The van der Waals surface area contributed by atoms with E-state index in [4.69, 9.17) is 9.47 Å². The van der Waals surface area contributed by atoms with Gasteiger partial charge < -0.3 is 14.8 Å². The molecular weight excluding hydrogens is 416 g/mol. The zero-order chi connectivity index (χ0) is 21.6. The monoisotopic (exact) mass is 442 g/mol. The molecule has 2 aromatic carbocycles. The number of hydrogen-bond donors (Lipinski definition) is 1. The Bertz CT molecular complexity index is 1090. The van der Waals surface area contributed by atoms with Crippen molar-refractivity contribution in [3.05, 3.63) is 54.1 Å². The molecule has 1 amide bonds. The van der Waals surface area contributed by atoms with Gasteiger partial charge in [-0.1, -0.05) is 30.3 Å². The van der Waals surface area contributed by atoms with Crippen LogP contribution in [0.3, 0.4) is 0 Å². The number of nitrogens with zero attached hydrogens (tertiary/aromatic N) is 1. The number of piperidine rings is 1. The lowest BCUT2D eigenvalue weighted by atomic mass is 9.98. The summed E-state index contributed by atoms with van der Waals surface area (Å²) >= 11 is 0. The van der Waals surface area contributed by atoms with E-state index in [1.54, 1.807) is 6.07 Å². The third-order valence-electron chi connectivity index (χ3n) is 6.54. The molecule has 0 spiro atoms. The lowest BCUT2D eigenvalue weighted by Crippen LogP contribution is -2.52. The van der Waals surface area contributed by atoms with Gasteiger partial charge >= 0.3 is 0 Å². The zero-order valence-electron chi connectivity index (χ0n) is 17.4. The summed E-state index contributed by atoms with van der Waals surface area (Å²) in [6.45, 7) is 2.74. The summed E-state index contributed by atoms with van der Waals surface area (Å²) in [5, 5.41) is 3.04. The Balaban J connectivity index is 1.42. The van der Waals surface area contributed by atoms with Crippen LogP contribution in [0.1, 0.15) is 37.8 Å². The molecule has 7 nitrogen and oxygen atoms in total. The molecule has 4 atom stereocenters. The topological polar surface area (TPSA) is 84.9 Å². The number of fused-ring (bicyclic) bond motifs is 3. The van der Waals surface area contributed by atoms with Crippen molar-refractivity contribution in [2.24, 2.45) is 5.92 Å². The summed E-state index contributed by atoms with van der Waals surface area (Å²) in [5.41, 5.74) is 0.986. The molecular formula is C23H26N2O5S. The van der Waals surface area contributed by atoms with Crippen LogP contribution in [-0.4, -0.2) is 43.9 Å². The fourth-order valence-electron chi connectivity index (χ4n) is 5.05. The van der Waals surface area contributed by atoms with Gasteiger partial charge in [0.15, 0.2) is 11.5 Å². The highest BCUT2D eigenvalue weighted by molar-refractivity contribution is 7.89. The molecule has 5 rings (SSSR count). The summed E-state index contributed by atoms with van der Waals surface area (Å²) in [7, 11) is -3.86. The average Bonchev–Trinajstić information content (AvgIpc) is 3.41. The van der Waals surface area contributed by atoms with Gasteiger partial charge in [-0.25, -0.2) is 8.42 Å². The maximum absolute atomic E-state index is 13.6. The summed E-state index contributed by atoms with van der Waals surface area (Å²) < 4.78 is 39.8. The first kappa shape index (κ1) is 20.3. The first-order valence-electron chi connectivity index (χ1n) is 10.7. The van der Waals surface area contributed by atoms with E-state index < -0.39 is 16.1 Å².